The van der Waals surface area contributed by atoms with Crippen LogP contribution < -0.4 is 10.4 Å². The molecule has 4 nitrogen and oxygen atoms in total. The largest absolute Gasteiger partial charge is 0.489 e. The Bertz CT molecular complexity index is 710. The first-order valence-corrected chi connectivity index (χ1v) is 5.83. The third kappa shape index (κ3) is 2.91. The Kier molecular flexibility index (Phi) is 3.51. The van der Waals surface area contributed by atoms with Crippen molar-refractivity contribution in [3.8, 4) is 5.75 Å². The van der Waals surface area contributed by atoms with E-state index in [1.807, 2.05) is 6.92 Å². The topological polar surface area (TPSA) is 56.5 Å². The molecule has 0 aliphatic heterocycles. The molecule has 1 heterocycles. The molecule has 0 radical (unpaired) electrons. The molecule has 0 spiro atoms. The molecule has 2 aromatic rings. The number of fused-ring (bicyclic) bond motifs is 1. The number of Topliss-reactive ketones (excluding diaryl/α,β-unsaturated/α-hetero) is 1. The zero-order chi connectivity index (χ0) is 14.0. The van der Waals surface area contributed by atoms with Crippen molar-refractivity contribution in [2.75, 3.05) is 6.61 Å². The van der Waals surface area contributed by atoms with Gasteiger partial charge in [0.05, 0.1) is 0 Å². The molecular weight excluding hydrogens is 244 g/mol. The fourth-order valence-corrected chi connectivity index (χ4v) is 1.63. The van der Waals surface area contributed by atoms with Crippen LogP contribution in [0.5, 0.6) is 5.75 Å². The Balaban J connectivity index is 2.44. The van der Waals surface area contributed by atoms with Crippen molar-refractivity contribution >= 4 is 16.8 Å². The van der Waals surface area contributed by atoms with Gasteiger partial charge in [0, 0.05) is 11.5 Å². The summed E-state index contributed by atoms with van der Waals surface area (Å²) < 4.78 is 10.6. The Morgan fingerprint density at radius 1 is 1.32 bits per heavy atom. The SMILES string of the molecule is C=C(C)COc1ccc2cc(C(C)=O)c(=O)oc2c1. The molecule has 0 saturated heterocycles. The molecule has 0 unspecified atom stereocenters. The summed E-state index contributed by atoms with van der Waals surface area (Å²) in [6.07, 6.45) is 0. The predicted molar refractivity (Wildman–Crippen MR) is 72.8 cm³/mol. The van der Waals surface area contributed by atoms with Gasteiger partial charge in [-0.3, -0.25) is 4.79 Å². The average molecular weight is 258 g/mol. The first-order valence-electron chi connectivity index (χ1n) is 5.83. The molecule has 0 fully saturated rings. The minimum atomic E-state index is -0.628. The lowest BCUT2D eigenvalue weighted by Gasteiger charge is -2.06. The first kappa shape index (κ1) is 13.1. The second-order valence-electron chi connectivity index (χ2n) is 4.45. The molecule has 0 aliphatic rings. The maximum atomic E-state index is 11.6. The Morgan fingerprint density at radius 3 is 2.68 bits per heavy atom. The van der Waals surface area contributed by atoms with Crippen molar-refractivity contribution in [3.63, 3.8) is 0 Å². The maximum Gasteiger partial charge on any atom is 0.347 e. The van der Waals surface area contributed by atoms with Gasteiger partial charge >= 0.3 is 5.63 Å². The number of carbonyl (C=O) groups excluding carboxylic acids is 1. The normalized spacial score (nSPS) is 10.4. The van der Waals surface area contributed by atoms with Crippen LogP contribution in [0.25, 0.3) is 11.0 Å². The molecule has 0 amide bonds. The summed E-state index contributed by atoms with van der Waals surface area (Å²) >= 11 is 0. The van der Waals surface area contributed by atoms with E-state index in [4.69, 9.17) is 9.15 Å². The predicted octanol–water partition coefficient (Wildman–Crippen LogP) is 2.95. The zero-order valence-corrected chi connectivity index (χ0v) is 10.9. The first-order chi connectivity index (χ1) is 8.97. The molecule has 0 N–H and O–H groups in total. The number of carbonyl (C=O) groups is 1. The molecular formula is C15H14O4. The summed E-state index contributed by atoms with van der Waals surface area (Å²) in [7, 11) is 0. The van der Waals surface area contributed by atoms with Crippen molar-refractivity contribution in [1.82, 2.24) is 0 Å². The maximum absolute atomic E-state index is 11.6. The molecule has 0 saturated carbocycles. The number of benzene rings is 1. The van der Waals surface area contributed by atoms with Gasteiger partial charge in [-0.2, -0.15) is 0 Å². The summed E-state index contributed by atoms with van der Waals surface area (Å²) in [4.78, 5) is 22.9. The molecule has 1 aromatic carbocycles. The molecule has 1 aromatic heterocycles. The van der Waals surface area contributed by atoms with Crippen LogP contribution in [-0.2, 0) is 0 Å². The standard InChI is InChI=1S/C15H14O4/c1-9(2)8-18-12-5-4-11-6-13(10(3)16)15(17)19-14(11)7-12/h4-7H,1,8H2,2-3H3. The van der Waals surface area contributed by atoms with E-state index >= 15 is 0 Å². The van der Waals surface area contributed by atoms with Crippen molar-refractivity contribution in [2.45, 2.75) is 13.8 Å². The van der Waals surface area contributed by atoms with E-state index < -0.39 is 5.63 Å². The third-order valence-electron chi connectivity index (χ3n) is 2.57. The average Bonchev–Trinajstić information content (AvgIpc) is 2.34. The van der Waals surface area contributed by atoms with E-state index in [1.54, 1.807) is 18.2 Å². The molecule has 4 heteroatoms. The Labute approximate surface area is 110 Å². The van der Waals surface area contributed by atoms with Gasteiger partial charge in [0.1, 0.15) is 23.5 Å². The van der Waals surface area contributed by atoms with Gasteiger partial charge in [-0.05, 0) is 37.6 Å². The van der Waals surface area contributed by atoms with E-state index in [0.717, 1.165) is 5.57 Å². The van der Waals surface area contributed by atoms with Crippen molar-refractivity contribution in [3.05, 3.63) is 52.4 Å². The lowest BCUT2D eigenvalue weighted by atomic mass is 10.1. The summed E-state index contributed by atoms with van der Waals surface area (Å²) in [5.41, 5.74) is 0.725. The van der Waals surface area contributed by atoms with E-state index in [-0.39, 0.29) is 11.3 Å². The molecule has 19 heavy (non-hydrogen) atoms. The molecule has 0 aliphatic carbocycles. The van der Waals surface area contributed by atoms with Crippen LogP contribution >= 0.6 is 0 Å². The van der Waals surface area contributed by atoms with Gasteiger partial charge < -0.3 is 9.15 Å². The number of ketones is 1. The summed E-state index contributed by atoms with van der Waals surface area (Å²) in [6.45, 7) is 7.34. The second kappa shape index (κ2) is 5.10. The van der Waals surface area contributed by atoms with Crippen LogP contribution in [0.4, 0.5) is 0 Å². The van der Waals surface area contributed by atoms with Gasteiger partial charge in [-0.25, -0.2) is 4.79 Å². The van der Waals surface area contributed by atoms with E-state index in [9.17, 15) is 9.59 Å². The van der Waals surface area contributed by atoms with Crippen LogP contribution in [0.15, 0.2) is 45.6 Å². The van der Waals surface area contributed by atoms with Gasteiger partial charge in [-0.15, -0.1) is 0 Å². The highest BCUT2D eigenvalue weighted by molar-refractivity contribution is 5.96. The van der Waals surface area contributed by atoms with Crippen LogP contribution in [0, 0.1) is 0 Å². The zero-order valence-electron chi connectivity index (χ0n) is 10.9. The number of hydrogen-bond donors (Lipinski definition) is 0. The van der Waals surface area contributed by atoms with E-state index in [0.29, 0.717) is 23.3 Å². The van der Waals surface area contributed by atoms with Gasteiger partial charge in [0.15, 0.2) is 5.78 Å². The van der Waals surface area contributed by atoms with Crippen molar-refractivity contribution < 1.29 is 13.9 Å². The van der Waals surface area contributed by atoms with Crippen LogP contribution in [-0.4, -0.2) is 12.4 Å². The molecule has 0 atom stereocenters. The minimum absolute atomic E-state index is 0.0584. The van der Waals surface area contributed by atoms with Crippen molar-refractivity contribution in [1.29, 1.82) is 0 Å². The van der Waals surface area contributed by atoms with Crippen LogP contribution in [0.1, 0.15) is 24.2 Å². The lowest BCUT2D eigenvalue weighted by Crippen LogP contribution is -2.11. The molecule has 98 valence electrons. The summed E-state index contributed by atoms with van der Waals surface area (Å²) in [5, 5.41) is 0.687. The van der Waals surface area contributed by atoms with Crippen LogP contribution in [0.2, 0.25) is 0 Å². The summed E-state index contributed by atoms with van der Waals surface area (Å²) in [5.74, 6) is 0.285. The van der Waals surface area contributed by atoms with Crippen molar-refractivity contribution in [2.24, 2.45) is 0 Å². The minimum Gasteiger partial charge on any atom is -0.489 e. The Morgan fingerprint density at radius 2 is 2.05 bits per heavy atom. The van der Waals surface area contributed by atoms with Gasteiger partial charge in [-0.1, -0.05) is 6.58 Å². The van der Waals surface area contributed by atoms with Gasteiger partial charge in [0.25, 0.3) is 0 Å². The Hall–Kier alpha value is -2.36. The fourth-order valence-electron chi connectivity index (χ4n) is 1.63. The van der Waals surface area contributed by atoms with Gasteiger partial charge in [0.2, 0.25) is 0 Å². The lowest BCUT2D eigenvalue weighted by molar-refractivity contribution is 0.101. The highest BCUT2D eigenvalue weighted by atomic mass is 16.5. The highest BCUT2D eigenvalue weighted by Crippen LogP contribution is 2.21. The second-order valence-corrected chi connectivity index (χ2v) is 4.45. The monoisotopic (exact) mass is 258 g/mol. The smallest absolute Gasteiger partial charge is 0.347 e. The van der Waals surface area contributed by atoms with Crippen LogP contribution in [0.3, 0.4) is 0 Å². The number of rotatable bonds is 4. The van der Waals surface area contributed by atoms with E-state index in [2.05, 4.69) is 6.58 Å². The highest BCUT2D eigenvalue weighted by Gasteiger charge is 2.09. The molecule has 0 bridgehead atoms. The third-order valence-corrected chi connectivity index (χ3v) is 2.57. The number of ether oxygens (including phenoxy) is 1. The quantitative estimate of drug-likeness (QED) is 0.480. The molecule has 2 rings (SSSR count). The van der Waals surface area contributed by atoms with E-state index in [1.165, 1.54) is 13.0 Å². The fraction of sp³-hybridized carbons (Fsp3) is 0.200. The number of hydrogen-bond acceptors (Lipinski definition) is 4. The summed E-state index contributed by atoms with van der Waals surface area (Å²) in [6, 6.07) is 6.67.